The monoisotopic (exact) mass is 221 g/mol. The maximum atomic E-state index is 10.9. The summed E-state index contributed by atoms with van der Waals surface area (Å²) in [5.74, 6) is -0.822. The molecule has 0 bridgehead atoms. The van der Waals surface area contributed by atoms with E-state index in [1.807, 2.05) is 12.1 Å². The standard InChI is InChI=1S/C13H19NO2/c1-10-6-4-5-7-11(10)8-9-14-13(2,3)12(15)16/h4-7,14H,8-9H2,1-3H3,(H,15,16). The predicted molar refractivity (Wildman–Crippen MR) is 64.6 cm³/mol. The molecule has 0 radical (unpaired) electrons. The Morgan fingerprint density at radius 2 is 2.00 bits per heavy atom. The highest BCUT2D eigenvalue weighted by Gasteiger charge is 2.25. The minimum atomic E-state index is -0.858. The number of carboxylic acid groups (broad SMARTS) is 1. The van der Waals surface area contributed by atoms with Gasteiger partial charge in [0.15, 0.2) is 0 Å². The molecule has 0 spiro atoms. The fourth-order valence-corrected chi connectivity index (χ4v) is 1.48. The molecule has 88 valence electrons. The van der Waals surface area contributed by atoms with Gasteiger partial charge in [-0.3, -0.25) is 4.79 Å². The molecule has 0 amide bonds. The molecule has 2 N–H and O–H groups in total. The van der Waals surface area contributed by atoms with Crippen LogP contribution in [0.4, 0.5) is 0 Å². The van der Waals surface area contributed by atoms with Crippen molar-refractivity contribution in [1.29, 1.82) is 0 Å². The molecule has 0 unspecified atom stereocenters. The third kappa shape index (κ3) is 3.35. The van der Waals surface area contributed by atoms with Gasteiger partial charge < -0.3 is 10.4 Å². The summed E-state index contributed by atoms with van der Waals surface area (Å²) < 4.78 is 0. The van der Waals surface area contributed by atoms with Crippen LogP contribution in [-0.2, 0) is 11.2 Å². The highest BCUT2D eigenvalue weighted by atomic mass is 16.4. The average Bonchev–Trinajstić information content (AvgIpc) is 2.20. The summed E-state index contributed by atoms with van der Waals surface area (Å²) in [7, 11) is 0. The Kier molecular flexibility index (Phi) is 4.07. The van der Waals surface area contributed by atoms with Gasteiger partial charge in [-0.25, -0.2) is 0 Å². The summed E-state index contributed by atoms with van der Waals surface area (Å²) >= 11 is 0. The number of rotatable bonds is 5. The van der Waals surface area contributed by atoms with E-state index in [1.165, 1.54) is 11.1 Å². The van der Waals surface area contributed by atoms with E-state index in [0.29, 0.717) is 6.54 Å². The second kappa shape index (κ2) is 5.12. The molecule has 3 nitrogen and oxygen atoms in total. The van der Waals surface area contributed by atoms with Crippen LogP contribution in [0.25, 0.3) is 0 Å². The molecule has 1 aromatic rings. The number of benzene rings is 1. The van der Waals surface area contributed by atoms with Crippen LogP contribution in [-0.4, -0.2) is 23.2 Å². The van der Waals surface area contributed by atoms with Crippen molar-refractivity contribution < 1.29 is 9.90 Å². The Labute approximate surface area is 96.5 Å². The maximum Gasteiger partial charge on any atom is 0.323 e. The third-order valence-corrected chi connectivity index (χ3v) is 2.76. The molecule has 1 rings (SSSR count). The summed E-state index contributed by atoms with van der Waals surface area (Å²) in [4.78, 5) is 10.9. The second-order valence-corrected chi connectivity index (χ2v) is 4.53. The van der Waals surface area contributed by atoms with Crippen molar-refractivity contribution in [2.24, 2.45) is 0 Å². The minimum Gasteiger partial charge on any atom is -0.480 e. The van der Waals surface area contributed by atoms with Crippen LogP contribution in [0.5, 0.6) is 0 Å². The molecule has 1 aromatic carbocycles. The van der Waals surface area contributed by atoms with Crippen molar-refractivity contribution in [2.45, 2.75) is 32.7 Å². The highest BCUT2D eigenvalue weighted by molar-refractivity contribution is 5.77. The van der Waals surface area contributed by atoms with Gasteiger partial charge in [-0.1, -0.05) is 24.3 Å². The van der Waals surface area contributed by atoms with E-state index in [-0.39, 0.29) is 0 Å². The Morgan fingerprint density at radius 1 is 1.38 bits per heavy atom. The fourth-order valence-electron chi connectivity index (χ4n) is 1.48. The number of nitrogens with one attached hydrogen (secondary N) is 1. The zero-order valence-electron chi connectivity index (χ0n) is 10.1. The normalized spacial score (nSPS) is 11.4. The number of aliphatic carboxylic acids is 1. The van der Waals surface area contributed by atoms with Gasteiger partial charge in [0, 0.05) is 6.54 Å². The van der Waals surface area contributed by atoms with Crippen molar-refractivity contribution in [3.63, 3.8) is 0 Å². The largest absolute Gasteiger partial charge is 0.480 e. The third-order valence-electron chi connectivity index (χ3n) is 2.76. The molecule has 0 aliphatic carbocycles. The maximum absolute atomic E-state index is 10.9. The van der Waals surface area contributed by atoms with Crippen LogP contribution in [0.3, 0.4) is 0 Å². The summed E-state index contributed by atoms with van der Waals surface area (Å²) in [5.41, 5.74) is 1.65. The first-order chi connectivity index (χ1) is 7.43. The van der Waals surface area contributed by atoms with E-state index >= 15 is 0 Å². The van der Waals surface area contributed by atoms with Gasteiger partial charge >= 0.3 is 5.97 Å². The lowest BCUT2D eigenvalue weighted by molar-refractivity contribution is -0.143. The highest BCUT2D eigenvalue weighted by Crippen LogP contribution is 2.08. The second-order valence-electron chi connectivity index (χ2n) is 4.53. The molecular weight excluding hydrogens is 202 g/mol. The van der Waals surface area contributed by atoms with Crippen molar-refractivity contribution in [3.05, 3.63) is 35.4 Å². The molecule has 3 heteroatoms. The van der Waals surface area contributed by atoms with Crippen LogP contribution < -0.4 is 5.32 Å². The van der Waals surface area contributed by atoms with Crippen molar-refractivity contribution in [3.8, 4) is 0 Å². The molecule has 0 aromatic heterocycles. The lowest BCUT2D eigenvalue weighted by atomic mass is 10.0. The summed E-state index contributed by atoms with van der Waals surface area (Å²) in [6.45, 7) is 6.09. The number of carboxylic acids is 1. The van der Waals surface area contributed by atoms with E-state index in [0.717, 1.165) is 6.42 Å². The zero-order valence-corrected chi connectivity index (χ0v) is 10.1. The van der Waals surface area contributed by atoms with Crippen LogP contribution >= 0.6 is 0 Å². The Morgan fingerprint density at radius 3 is 2.56 bits per heavy atom. The zero-order chi connectivity index (χ0) is 12.2. The van der Waals surface area contributed by atoms with Crippen LogP contribution in [0.1, 0.15) is 25.0 Å². The number of aryl methyl sites for hydroxylation is 1. The average molecular weight is 221 g/mol. The molecule has 0 aliphatic heterocycles. The quantitative estimate of drug-likeness (QED) is 0.799. The van der Waals surface area contributed by atoms with Crippen molar-refractivity contribution in [2.75, 3.05) is 6.54 Å². The predicted octanol–water partition coefficient (Wildman–Crippen LogP) is 1.99. The van der Waals surface area contributed by atoms with E-state index < -0.39 is 11.5 Å². The van der Waals surface area contributed by atoms with E-state index in [4.69, 9.17) is 5.11 Å². The fraction of sp³-hybridized carbons (Fsp3) is 0.462. The van der Waals surface area contributed by atoms with Gasteiger partial charge in [0.2, 0.25) is 0 Å². The Bertz CT molecular complexity index is 372. The van der Waals surface area contributed by atoms with Crippen LogP contribution in [0.2, 0.25) is 0 Å². The lowest BCUT2D eigenvalue weighted by Crippen LogP contribution is -2.47. The topological polar surface area (TPSA) is 49.3 Å². The van der Waals surface area contributed by atoms with Gasteiger partial charge in [0.25, 0.3) is 0 Å². The van der Waals surface area contributed by atoms with Gasteiger partial charge in [-0.15, -0.1) is 0 Å². The van der Waals surface area contributed by atoms with Crippen molar-refractivity contribution in [1.82, 2.24) is 5.32 Å². The first kappa shape index (κ1) is 12.7. The molecule has 0 aliphatic rings. The van der Waals surface area contributed by atoms with E-state index in [9.17, 15) is 4.79 Å². The smallest absolute Gasteiger partial charge is 0.323 e. The van der Waals surface area contributed by atoms with E-state index in [1.54, 1.807) is 13.8 Å². The van der Waals surface area contributed by atoms with Gasteiger partial charge in [0.05, 0.1) is 0 Å². The molecular formula is C13H19NO2. The van der Waals surface area contributed by atoms with Crippen LogP contribution in [0.15, 0.2) is 24.3 Å². The molecule has 0 atom stereocenters. The summed E-state index contributed by atoms with van der Waals surface area (Å²) in [6.07, 6.45) is 0.851. The lowest BCUT2D eigenvalue weighted by Gasteiger charge is -2.21. The SMILES string of the molecule is Cc1ccccc1CCNC(C)(C)C(=O)O. The molecule has 0 saturated heterocycles. The molecule has 0 fully saturated rings. The number of hydrogen-bond acceptors (Lipinski definition) is 2. The summed E-state index contributed by atoms with van der Waals surface area (Å²) in [6, 6.07) is 8.15. The minimum absolute atomic E-state index is 0.671. The number of hydrogen-bond donors (Lipinski definition) is 2. The molecule has 16 heavy (non-hydrogen) atoms. The van der Waals surface area contributed by atoms with Gasteiger partial charge in [-0.05, 0) is 38.3 Å². The first-order valence-corrected chi connectivity index (χ1v) is 5.46. The molecule has 0 heterocycles. The van der Waals surface area contributed by atoms with Crippen LogP contribution in [0, 0.1) is 6.92 Å². The van der Waals surface area contributed by atoms with E-state index in [2.05, 4.69) is 24.4 Å². The first-order valence-electron chi connectivity index (χ1n) is 5.46. The molecule has 0 saturated carbocycles. The van der Waals surface area contributed by atoms with Gasteiger partial charge in [-0.2, -0.15) is 0 Å². The number of carbonyl (C=O) groups is 1. The van der Waals surface area contributed by atoms with Crippen molar-refractivity contribution >= 4 is 5.97 Å². The summed E-state index contributed by atoms with van der Waals surface area (Å²) in [5, 5.41) is 12.0. The van der Waals surface area contributed by atoms with Gasteiger partial charge in [0.1, 0.15) is 5.54 Å². The Balaban J connectivity index is 2.48. The Hall–Kier alpha value is -1.35.